The molecule has 1 amide bonds. The van der Waals surface area contributed by atoms with Crippen LogP contribution in [-0.4, -0.2) is 43.7 Å². The molecule has 0 spiro atoms. The second-order valence-corrected chi connectivity index (χ2v) is 7.76. The monoisotopic (exact) mass is 418 g/mol. The number of carbonyl (C=O) groups excluding carboxylic acids is 1. The highest BCUT2D eigenvalue weighted by Crippen LogP contribution is 2.22. The van der Waals surface area contributed by atoms with E-state index in [9.17, 15) is 9.18 Å². The lowest BCUT2D eigenvalue weighted by atomic mass is 10.0. The predicted molar refractivity (Wildman–Crippen MR) is 120 cm³/mol. The summed E-state index contributed by atoms with van der Waals surface area (Å²) < 4.78 is 18.8. The Balaban J connectivity index is 1.37. The lowest BCUT2D eigenvalue weighted by Gasteiger charge is -2.35. The Hall–Kier alpha value is -3.02. The molecular formula is C26H27FN2O2. The molecule has 4 nitrogen and oxygen atoms in total. The first-order chi connectivity index (χ1) is 15.2. The highest BCUT2D eigenvalue weighted by Gasteiger charge is 2.23. The van der Waals surface area contributed by atoms with Crippen LogP contribution >= 0.6 is 0 Å². The standard InChI is InChI=1S/C26H27FN2O2/c27-24-12-10-23(11-13-24)25(29-14-16-31-17-15-29)19-28-26(30)18-20-6-8-22(9-7-20)21-4-2-1-3-5-21/h1-13,25H,14-19H2,(H,28,30)/t25-/m1/s1. The summed E-state index contributed by atoms with van der Waals surface area (Å²) in [4.78, 5) is 14.9. The number of carbonyl (C=O) groups is 1. The molecule has 0 bridgehead atoms. The number of morpholine rings is 1. The number of ether oxygens (including phenoxy) is 1. The summed E-state index contributed by atoms with van der Waals surface area (Å²) in [5, 5.41) is 3.07. The maximum Gasteiger partial charge on any atom is 0.224 e. The van der Waals surface area contributed by atoms with Crippen molar-refractivity contribution in [3.05, 3.63) is 95.8 Å². The van der Waals surface area contributed by atoms with Gasteiger partial charge in [0.1, 0.15) is 5.82 Å². The maximum absolute atomic E-state index is 13.4. The van der Waals surface area contributed by atoms with Crippen LogP contribution in [0.5, 0.6) is 0 Å². The molecule has 31 heavy (non-hydrogen) atoms. The van der Waals surface area contributed by atoms with E-state index in [0.717, 1.165) is 35.3 Å². The van der Waals surface area contributed by atoms with Gasteiger partial charge in [0.05, 0.1) is 25.7 Å². The minimum absolute atomic E-state index is 0.00564. The first-order valence-corrected chi connectivity index (χ1v) is 10.7. The molecule has 1 fully saturated rings. The van der Waals surface area contributed by atoms with E-state index in [-0.39, 0.29) is 17.8 Å². The Morgan fingerprint density at radius 3 is 2.23 bits per heavy atom. The van der Waals surface area contributed by atoms with Crippen molar-refractivity contribution in [2.75, 3.05) is 32.8 Å². The van der Waals surface area contributed by atoms with Gasteiger partial charge in [-0.25, -0.2) is 4.39 Å². The van der Waals surface area contributed by atoms with Crippen molar-refractivity contribution in [2.45, 2.75) is 12.5 Å². The Kier molecular flexibility index (Phi) is 7.07. The van der Waals surface area contributed by atoms with Crippen LogP contribution in [0.15, 0.2) is 78.9 Å². The molecule has 0 unspecified atom stereocenters. The van der Waals surface area contributed by atoms with Gasteiger partial charge in [0.15, 0.2) is 0 Å². The predicted octanol–water partition coefficient (Wildman–Crippen LogP) is 4.22. The number of nitrogens with zero attached hydrogens (tertiary/aromatic N) is 1. The van der Waals surface area contributed by atoms with Crippen LogP contribution in [0.4, 0.5) is 4.39 Å². The fourth-order valence-electron chi connectivity index (χ4n) is 3.94. The van der Waals surface area contributed by atoms with Crippen LogP contribution in [0.2, 0.25) is 0 Å². The van der Waals surface area contributed by atoms with E-state index in [0.29, 0.717) is 26.2 Å². The van der Waals surface area contributed by atoms with E-state index >= 15 is 0 Å². The fourth-order valence-corrected chi connectivity index (χ4v) is 3.94. The van der Waals surface area contributed by atoms with E-state index in [4.69, 9.17) is 4.74 Å². The fraction of sp³-hybridized carbons (Fsp3) is 0.269. The highest BCUT2D eigenvalue weighted by atomic mass is 19.1. The Bertz CT molecular complexity index is 969. The van der Waals surface area contributed by atoms with E-state index in [2.05, 4.69) is 22.3 Å². The molecule has 0 saturated carbocycles. The second-order valence-electron chi connectivity index (χ2n) is 7.76. The molecule has 1 saturated heterocycles. The second kappa shape index (κ2) is 10.3. The summed E-state index contributed by atoms with van der Waals surface area (Å²) in [5.41, 5.74) is 4.26. The first kappa shape index (κ1) is 21.2. The molecule has 0 aromatic heterocycles. The molecule has 1 N–H and O–H groups in total. The number of benzene rings is 3. The summed E-state index contributed by atoms with van der Waals surface area (Å²) in [6.07, 6.45) is 0.328. The molecule has 3 aromatic carbocycles. The van der Waals surface area contributed by atoms with Gasteiger partial charge in [0, 0.05) is 19.6 Å². The average Bonchev–Trinajstić information content (AvgIpc) is 2.82. The smallest absolute Gasteiger partial charge is 0.224 e. The summed E-state index contributed by atoms with van der Waals surface area (Å²) in [6, 6.07) is 24.8. The van der Waals surface area contributed by atoms with Crippen molar-refractivity contribution >= 4 is 5.91 Å². The summed E-state index contributed by atoms with van der Waals surface area (Å²) >= 11 is 0. The van der Waals surface area contributed by atoms with Crippen LogP contribution < -0.4 is 5.32 Å². The van der Waals surface area contributed by atoms with Gasteiger partial charge in [-0.3, -0.25) is 9.69 Å². The van der Waals surface area contributed by atoms with Crippen molar-refractivity contribution in [1.29, 1.82) is 0 Å². The maximum atomic E-state index is 13.4. The molecule has 1 aliphatic heterocycles. The number of amides is 1. The molecule has 0 radical (unpaired) electrons. The minimum atomic E-state index is -0.257. The van der Waals surface area contributed by atoms with Crippen LogP contribution in [0.25, 0.3) is 11.1 Å². The molecule has 0 aliphatic carbocycles. The molecule has 1 atom stereocenters. The van der Waals surface area contributed by atoms with E-state index in [1.165, 1.54) is 12.1 Å². The van der Waals surface area contributed by atoms with Crippen LogP contribution in [-0.2, 0) is 16.0 Å². The Labute approximate surface area is 182 Å². The zero-order chi connectivity index (χ0) is 21.5. The van der Waals surface area contributed by atoms with Gasteiger partial charge in [-0.1, -0.05) is 66.7 Å². The van der Waals surface area contributed by atoms with Gasteiger partial charge in [0.2, 0.25) is 5.91 Å². The van der Waals surface area contributed by atoms with Gasteiger partial charge in [-0.2, -0.15) is 0 Å². The van der Waals surface area contributed by atoms with Crippen molar-refractivity contribution in [3.8, 4) is 11.1 Å². The van der Waals surface area contributed by atoms with E-state index < -0.39 is 0 Å². The normalized spacial score (nSPS) is 15.4. The third-order valence-electron chi connectivity index (χ3n) is 5.66. The van der Waals surface area contributed by atoms with Crippen molar-refractivity contribution in [2.24, 2.45) is 0 Å². The molecule has 4 rings (SSSR count). The molecule has 160 valence electrons. The van der Waals surface area contributed by atoms with Gasteiger partial charge in [-0.15, -0.1) is 0 Å². The molecule has 3 aromatic rings. The van der Waals surface area contributed by atoms with Crippen LogP contribution in [0.3, 0.4) is 0 Å². The van der Waals surface area contributed by atoms with Gasteiger partial charge < -0.3 is 10.1 Å². The minimum Gasteiger partial charge on any atom is -0.379 e. The SMILES string of the molecule is O=C(Cc1ccc(-c2ccccc2)cc1)NC[C@H](c1ccc(F)cc1)N1CCOCC1. The quantitative estimate of drug-likeness (QED) is 0.625. The van der Waals surface area contributed by atoms with Crippen LogP contribution in [0, 0.1) is 5.82 Å². The number of nitrogens with one attached hydrogen (secondary N) is 1. The number of hydrogen-bond donors (Lipinski definition) is 1. The van der Waals surface area contributed by atoms with Crippen molar-refractivity contribution in [1.82, 2.24) is 10.2 Å². The van der Waals surface area contributed by atoms with Gasteiger partial charge in [-0.05, 0) is 34.4 Å². The van der Waals surface area contributed by atoms with Crippen molar-refractivity contribution in [3.63, 3.8) is 0 Å². The zero-order valence-corrected chi connectivity index (χ0v) is 17.5. The largest absolute Gasteiger partial charge is 0.379 e. The first-order valence-electron chi connectivity index (χ1n) is 10.7. The molecular weight excluding hydrogens is 391 g/mol. The zero-order valence-electron chi connectivity index (χ0n) is 17.5. The number of rotatable bonds is 7. The summed E-state index contributed by atoms with van der Waals surface area (Å²) in [7, 11) is 0. The van der Waals surface area contributed by atoms with Gasteiger partial charge in [0.25, 0.3) is 0 Å². The summed E-state index contributed by atoms with van der Waals surface area (Å²) in [6.45, 7) is 3.39. The summed E-state index contributed by atoms with van der Waals surface area (Å²) in [5.74, 6) is -0.278. The highest BCUT2D eigenvalue weighted by molar-refractivity contribution is 5.79. The topological polar surface area (TPSA) is 41.6 Å². The molecule has 1 heterocycles. The molecule has 5 heteroatoms. The van der Waals surface area contributed by atoms with Gasteiger partial charge >= 0.3 is 0 Å². The van der Waals surface area contributed by atoms with E-state index in [1.54, 1.807) is 12.1 Å². The number of hydrogen-bond acceptors (Lipinski definition) is 3. The molecule has 1 aliphatic rings. The Morgan fingerprint density at radius 2 is 1.55 bits per heavy atom. The Morgan fingerprint density at radius 1 is 0.903 bits per heavy atom. The van der Waals surface area contributed by atoms with Crippen LogP contribution in [0.1, 0.15) is 17.2 Å². The third-order valence-corrected chi connectivity index (χ3v) is 5.66. The van der Waals surface area contributed by atoms with E-state index in [1.807, 2.05) is 42.5 Å². The average molecular weight is 419 g/mol. The third kappa shape index (κ3) is 5.78. The lowest BCUT2D eigenvalue weighted by Crippen LogP contribution is -2.44. The number of halogens is 1. The lowest BCUT2D eigenvalue weighted by molar-refractivity contribution is -0.120. The van der Waals surface area contributed by atoms with Crippen molar-refractivity contribution < 1.29 is 13.9 Å².